The third-order valence-corrected chi connectivity index (χ3v) is 8.08. The van der Waals surface area contributed by atoms with Crippen LogP contribution in [0.5, 0.6) is 0 Å². The second-order valence-corrected chi connectivity index (χ2v) is 10.6. The van der Waals surface area contributed by atoms with Gasteiger partial charge >= 0.3 is 0 Å². The zero-order valence-electron chi connectivity index (χ0n) is 21.9. The molecular formula is C37H26N2. The Morgan fingerprint density at radius 2 is 0.974 bits per heavy atom. The fourth-order valence-corrected chi connectivity index (χ4v) is 6.23. The van der Waals surface area contributed by atoms with Crippen molar-refractivity contribution in [2.45, 2.75) is 13.8 Å². The van der Waals surface area contributed by atoms with Gasteiger partial charge in [-0.3, -0.25) is 0 Å². The molecule has 2 heteroatoms. The molecule has 0 N–H and O–H groups in total. The van der Waals surface area contributed by atoms with E-state index < -0.39 is 0 Å². The lowest BCUT2D eigenvalue weighted by Gasteiger charge is -2.12. The molecule has 0 saturated heterocycles. The highest BCUT2D eigenvalue weighted by Crippen LogP contribution is 2.36. The van der Waals surface area contributed by atoms with Gasteiger partial charge in [0.25, 0.3) is 0 Å². The van der Waals surface area contributed by atoms with Crippen LogP contribution in [0.4, 0.5) is 0 Å². The van der Waals surface area contributed by atoms with Gasteiger partial charge < -0.3 is 4.57 Å². The van der Waals surface area contributed by atoms with E-state index in [2.05, 4.69) is 140 Å². The Labute approximate surface area is 226 Å². The van der Waals surface area contributed by atoms with Gasteiger partial charge in [0.05, 0.1) is 22.2 Å². The van der Waals surface area contributed by atoms with Crippen molar-refractivity contribution >= 4 is 54.3 Å². The van der Waals surface area contributed by atoms with Crippen molar-refractivity contribution in [3.05, 3.63) is 132 Å². The largest absolute Gasteiger partial charge is 0.309 e. The number of benzene rings is 6. The number of aryl methyl sites for hydroxylation is 2. The van der Waals surface area contributed by atoms with Crippen LogP contribution in [-0.2, 0) is 0 Å². The van der Waals surface area contributed by atoms with Crippen LogP contribution in [0.3, 0.4) is 0 Å². The summed E-state index contributed by atoms with van der Waals surface area (Å²) in [6, 6.07) is 44.0. The number of nitrogens with zero attached hydrogens (tertiary/aromatic N) is 2. The summed E-state index contributed by atoms with van der Waals surface area (Å²) in [6.45, 7) is 4.32. The highest BCUT2D eigenvalue weighted by molar-refractivity contribution is 6.24. The molecule has 2 nitrogen and oxygen atoms in total. The smallest absolute Gasteiger partial charge is 0.0794 e. The van der Waals surface area contributed by atoms with E-state index in [4.69, 9.17) is 4.98 Å². The van der Waals surface area contributed by atoms with E-state index in [1.165, 1.54) is 59.9 Å². The lowest BCUT2D eigenvalue weighted by Crippen LogP contribution is -1.94. The standard InChI is InChI=1S/C37H26N2/c1-23-11-19-35-32(21-23)33-22-24(2)12-20-36(33)39(35)26-15-13-25(14-16-26)34-18-17-31-29-9-4-3-7-27(29)28-8-5-6-10-30(28)37(31)38-34/h3-22H,1-2H3. The van der Waals surface area contributed by atoms with Crippen molar-refractivity contribution in [2.24, 2.45) is 0 Å². The van der Waals surface area contributed by atoms with Crippen LogP contribution in [-0.4, -0.2) is 9.55 Å². The zero-order chi connectivity index (χ0) is 26.1. The van der Waals surface area contributed by atoms with Gasteiger partial charge in [-0.25, -0.2) is 4.98 Å². The van der Waals surface area contributed by atoms with Crippen molar-refractivity contribution in [3.8, 4) is 16.9 Å². The van der Waals surface area contributed by atoms with Crippen molar-refractivity contribution < 1.29 is 0 Å². The molecule has 0 aliphatic carbocycles. The average Bonchev–Trinajstić information content (AvgIpc) is 3.29. The number of hydrogen-bond acceptors (Lipinski definition) is 1. The summed E-state index contributed by atoms with van der Waals surface area (Å²) in [5.41, 5.74) is 9.34. The van der Waals surface area contributed by atoms with Gasteiger partial charge in [0.2, 0.25) is 0 Å². The highest BCUT2D eigenvalue weighted by Gasteiger charge is 2.14. The maximum Gasteiger partial charge on any atom is 0.0794 e. The summed E-state index contributed by atoms with van der Waals surface area (Å²) in [7, 11) is 0. The number of fused-ring (bicyclic) bond motifs is 9. The van der Waals surface area contributed by atoms with Crippen molar-refractivity contribution in [1.29, 1.82) is 0 Å². The third-order valence-electron chi connectivity index (χ3n) is 8.08. The maximum absolute atomic E-state index is 5.23. The van der Waals surface area contributed by atoms with Crippen LogP contribution in [0, 0.1) is 13.8 Å². The van der Waals surface area contributed by atoms with Gasteiger partial charge in [-0.2, -0.15) is 0 Å². The molecule has 0 spiro atoms. The summed E-state index contributed by atoms with van der Waals surface area (Å²) in [5.74, 6) is 0. The lowest BCUT2D eigenvalue weighted by atomic mass is 9.96. The molecular weight excluding hydrogens is 472 g/mol. The normalized spacial score (nSPS) is 11.8. The Balaban J connectivity index is 1.30. The fraction of sp³-hybridized carbons (Fsp3) is 0.0541. The van der Waals surface area contributed by atoms with Gasteiger partial charge in [-0.05, 0) is 78.5 Å². The van der Waals surface area contributed by atoms with Crippen LogP contribution in [0.2, 0.25) is 0 Å². The van der Waals surface area contributed by atoms with E-state index in [1.54, 1.807) is 0 Å². The molecule has 184 valence electrons. The first-order valence-electron chi connectivity index (χ1n) is 13.5. The Kier molecular flexibility index (Phi) is 4.68. The summed E-state index contributed by atoms with van der Waals surface area (Å²) >= 11 is 0. The number of aromatic nitrogens is 2. The third kappa shape index (κ3) is 3.31. The van der Waals surface area contributed by atoms with Gasteiger partial charge in [0, 0.05) is 32.8 Å². The highest BCUT2D eigenvalue weighted by atomic mass is 15.0. The maximum atomic E-state index is 5.23. The molecule has 0 atom stereocenters. The quantitative estimate of drug-likeness (QED) is 0.217. The number of rotatable bonds is 2. The van der Waals surface area contributed by atoms with Crippen LogP contribution < -0.4 is 0 Å². The molecule has 0 radical (unpaired) electrons. The van der Waals surface area contributed by atoms with E-state index >= 15 is 0 Å². The SMILES string of the molecule is Cc1ccc2c(c1)c1cc(C)ccc1n2-c1ccc(-c2ccc3c4ccccc4c4ccccc4c3n2)cc1. The Hall–Kier alpha value is -4.95. The second-order valence-electron chi connectivity index (χ2n) is 10.6. The van der Waals surface area contributed by atoms with E-state index in [0.717, 1.165) is 22.5 Å². The van der Waals surface area contributed by atoms with Crippen molar-refractivity contribution in [1.82, 2.24) is 9.55 Å². The van der Waals surface area contributed by atoms with E-state index in [1.807, 2.05) is 0 Å². The molecule has 0 bridgehead atoms. The Morgan fingerprint density at radius 3 is 1.56 bits per heavy atom. The molecule has 0 saturated carbocycles. The van der Waals surface area contributed by atoms with Crippen LogP contribution in [0.25, 0.3) is 71.2 Å². The first-order chi connectivity index (χ1) is 19.2. The topological polar surface area (TPSA) is 17.8 Å². The first kappa shape index (κ1) is 22.1. The minimum atomic E-state index is 0.989. The summed E-state index contributed by atoms with van der Waals surface area (Å²) < 4.78 is 2.38. The molecule has 0 unspecified atom stereocenters. The summed E-state index contributed by atoms with van der Waals surface area (Å²) in [6.07, 6.45) is 0. The van der Waals surface area contributed by atoms with Crippen LogP contribution >= 0.6 is 0 Å². The summed E-state index contributed by atoms with van der Waals surface area (Å²) in [4.78, 5) is 5.23. The molecule has 0 aliphatic rings. The number of hydrogen-bond donors (Lipinski definition) is 0. The molecule has 0 fully saturated rings. The monoisotopic (exact) mass is 498 g/mol. The fourth-order valence-electron chi connectivity index (χ4n) is 6.23. The molecule has 6 aromatic carbocycles. The van der Waals surface area contributed by atoms with E-state index in [0.29, 0.717) is 0 Å². The predicted molar refractivity (Wildman–Crippen MR) is 166 cm³/mol. The first-order valence-corrected chi connectivity index (χ1v) is 13.5. The molecule has 2 aromatic heterocycles. The lowest BCUT2D eigenvalue weighted by molar-refractivity contribution is 1.18. The van der Waals surface area contributed by atoms with Crippen LogP contribution in [0.1, 0.15) is 11.1 Å². The van der Waals surface area contributed by atoms with E-state index in [9.17, 15) is 0 Å². The molecule has 8 aromatic rings. The van der Waals surface area contributed by atoms with Crippen molar-refractivity contribution in [2.75, 3.05) is 0 Å². The van der Waals surface area contributed by atoms with Crippen molar-refractivity contribution in [3.63, 3.8) is 0 Å². The van der Waals surface area contributed by atoms with E-state index in [-0.39, 0.29) is 0 Å². The Morgan fingerprint density at radius 1 is 0.462 bits per heavy atom. The molecule has 8 rings (SSSR count). The van der Waals surface area contributed by atoms with Gasteiger partial charge in [-0.15, -0.1) is 0 Å². The molecule has 0 aliphatic heterocycles. The van der Waals surface area contributed by atoms with Crippen LogP contribution in [0.15, 0.2) is 121 Å². The van der Waals surface area contributed by atoms with Gasteiger partial charge in [-0.1, -0.05) is 83.9 Å². The average molecular weight is 499 g/mol. The number of pyridine rings is 1. The molecule has 2 heterocycles. The van der Waals surface area contributed by atoms with Gasteiger partial charge in [0.1, 0.15) is 0 Å². The second kappa shape index (κ2) is 8.28. The molecule has 39 heavy (non-hydrogen) atoms. The zero-order valence-corrected chi connectivity index (χ0v) is 21.9. The summed E-state index contributed by atoms with van der Waals surface area (Å²) in [5, 5.41) is 8.76. The van der Waals surface area contributed by atoms with Gasteiger partial charge in [0.15, 0.2) is 0 Å². The predicted octanol–water partition coefficient (Wildman–Crippen LogP) is 9.92. The minimum Gasteiger partial charge on any atom is -0.309 e. The molecule has 0 amide bonds. The minimum absolute atomic E-state index is 0.989. The Bertz CT molecular complexity index is 2140.